The summed E-state index contributed by atoms with van der Waals surface area (Å²) >= 11 is 1.54. The van der Waals surface area contributed by atoms with Crippen LogP contribution in [0.5, 0.6) is 0 Å². The van der Waals surface area contributed by atoms with E-state index in [-0.39, 0.29) is 18.4 Å². The molecule has 3 aromatic heterocycles. The highest BCUT2D eigenvalue weighted by molar-refractivity contribution is 7.13. The van der Waals surface area contributed by atoms with Crippen molar-refractivity contribution in [2.45, 2.75) is 25.8 Å². The summed E-state index contributed by atoms with van der Waals surface area (Å²) in [5, 5.41) is 8.83. The molecule has 1 amide bonds. The fourth-order valence-electron chi connectivity index (χ4n) is 2.91. The molecule has 1 N–H and O–H groups in total. The molecular formula is C21H19N3O3S. The van der Waals surface area contributed by atoms with Gasteiger partial charge in [0.05, 0.1) is 23.6 Å². The van der Waals surface area contributed by atoms with E-state index in [1.807, 2.05) is 60.8 Å². The zero-order valence-corrected chi connectivity index (χ0v) is 16.1. The molecule has 1 aromatic carbocycles. The van der Waals surface area contributed by atoms with Gasteiger partial charge >= 0.3 is 0 Å². The van der Waals surface area contributed by atoms with Crippen LogP contribution in [-0.2, 0) is 17.8 Å². The molecular weight excluding hydrogens is 374 g/mol. The summed E-state index contributed by atoms with van der Waals surface area (Å²) in [5.41, 5.74) is 2.08. The lowest BCUT2D eigenvalue weighted by Crippen LogP contribution is -2.30. The summed E-state index contributed by atoms with van der Waals surface area (Å²) in [7, 11) is 0. The number of rotatable bonds is 7. The SMILES string of the molecule is Cc1ccc(C(Cc2ccco2)C(=O)NCc2nc(-c3cccs3)no2)cc1. The quantitative estimate of drug-likeness (QED) is 0.505. The minimum absolute atomic E-state index is 0.115. The van der Waals surface area contributed by atoms with Crippen LogP contribution in [0.3, 0.4) is 0 Å². The van der Waals surface area contributed by atoms with Crippen LogP contribution in [0.15, 0.2) is 69.1 Å². The molecule has 1 atom stereocenters. The van der Waals surface area contributed by atoms with Gasteiger partial charge in [-0.05, 0) is 36.1 Å². The topological polar surface area (TPSA) is 81.2 Å². The molecule has 0 aliphatic heterocycles. The van der Waals surface area contributed by atoms with E-state index < -0.39 is 0 Å². The Morgan fingerprint density at radius 3 is 2.75 bits per heavy atom. The number of hydrogen-bond donors (Lipinski definition) is 1. The smallest absolute Gasteiger partial charge is 0.246 e. The molecule has 6 nitrogen and oxygen atoms in total. The zero-order valence-electron chi connectivity index (χ0n) is 15.3. The van der Waals surface area contributed by atoms with Crippen LogP contribution in [0.25, 0.3) is 10.7 Å². The van der Waals surface area contributed by atoms with Gasteiger partial charge in [-0.1, -0.05) is 41.1 Å². The van der Waals surface area contributed by atoms with Gasteiger partial charge in [0, 0.05) is 6.42 Å². The number of nitrogens with one attached hydrogen (secondary N) is 1. The van der Waals surface area contributed by atoms with Gasteiger partial charge in [0.15, 0.2) is 0 Å². The van der Waals surface area contributed by atoms with Crippen molar-refractivity contribution in [3.8, 4) is 10.7 Å². The van der Waals surface area contributed by atoms with Crippen molar-refractivity contribution in [1.29, 1.82) is 0 Å². The van der Waals surface area contributed by atoms with Gasteiger partial charge in [0.2, 0.25) is 17.6 Å². The summed E-state index contributed by atoms with van der Waals surface area (Å²) in [6.07, 6.45) is 2.09. The lowest BCUT2D eigenvalue weighted by molar-refractivity contribution is -0.122. The first-order chi connectivity index (χ1) is 13.7. The first-order valence-corrected chi connectivity index (χ1v) is 9.80. The summed E-state index contributed by atoms with van der Waals surface area (Å²) in [6.45, 7) is 2.20. The van der Waals surface area contributed by atoms with Gasteiger partial charge in [0.1, 0.15) is 5.76 Å². The highest BCUT2D eigenvalue weighted by Gasteiger charge is 2.23. The second kappa shape index (κ2) is 8.22. The number of hydrogen-bond acceptors (Lipinski definition) is 6. The number of thiophene rings is 1. The van der Waals surface area contributed by atoms with Crippen molar-refractivity contribution in [3.05, 3.63) is 83.0 Å². The highest BCUT2D eigenvalue weighted by atomic mass is 32.1. The molecule has 0 aliphatic rings. The summed E-state index contributed by atoms with van der Waals surface area (Å²) < 4.78 is 10.7. The molecule has 0 aliphatic carbocycles. The second-order valence-corrected chi connectivity index (χ2v) is 7.40. The Balaban J connectivity index is 1.46. The molecule has 1 unspecified atom stereocenters. The van der Waals surface area contributed by atoms with Crippen molar-refractivity contribution in [1.82, 2.24) is 15.5 Å². The number of carbonyl (C=O) groups is 1. The van der Waals surface area contributed by atoms with Gasteiger partial charge in [-0.15, -0.1) is 11.3 Å². The number of benzene rings is 1. The van der Waals surface area contributed by atoms with Gasteiger partial charge in [-0.3, -0.25) is 4.79 Å². The van der Waals surface area contributed by atoms with E-state index in [0.717, 1.165) is 21.8 Å². The van der Waals surface area contributed by atoms with Crippen molar-refractivity contribution in [2.24, 2.45) is 0 Å². The first kappa shape index (κ1) is 18.2. The van der Waals surface area contributed by atoms with Crippen molar-refractivity contribution in [2.75, 3.05) is 0 Å². The predicted molar refractivity (Wildman–Crippen MR) is 106 cm³/mol. The molecule has 3 heterocycles. The summed E-state index contributed by atoms with van der Waals surface area (Å²) in [4.78, 5) is 18.2. The fraction of sp³-hybridized carbons (Fsp3) is 0.190. The van der Waals surface area contributed by atoms with E-state index in [0.29, 0.717) is 18.1 Å². The number of nitrogens with zero attached hydrogens (tertiary/aromatic N) is 2. The van der Waals surface area contributed by atoms with Crippen LogP contribution in [0, 0.1) is 6.92 Å². The average molecular weight is 393 g/mol. The molecule has 7 heteroatoms. The lowest BCUT2D eigenvalue weighted by atomic mass is 9.93. The third-order valence-electron chi connectivity index (χ3n) is 4.41. The molecule has 4 aromatic rings. The maximum Gasteiger partial charge on any atom is 0.246 e. The van der Waals surface area contributed by atoms with Crippen LogP contribution in [0.1, 0.15) is 28.7 Å². The number of aromatic nitrogens is 2. The summed E-state index contributed by atoms with van der Waals surface area (Å²) in [5.74, 6) is 1.18. The minimum Gasteiger partial charge on any atom is -0.469 e. The highest BCUT2D eigenvalue weighted by Crippen LogP contribution is 2.23. The molecule has 28 heavy (non-hydrogen) atoms. The maximum absolute atomic E-state index is 12.9. The van der Waals surface area contributed by atoms with Crippen LogP contribution in [-0.4, -0.2) is 16.0 Å². The third-order valence-corrected chi connectivity index (χ3v) is 5.27. The zero-order chi connectivity index (χ0) is 19.3. The van der Waals surface area contributed by atoms with E-state index in [4.69, 9.17) is 8.94 Å². The lowest BCUT2D eigenvalue weighted by Gasteiger charge is -2.16. The van der Waals surface area contributed by atoms with Gasteiger partial charge < -0.3 is 14.3 Å². The van der Waals surface area contributed by atoms with E-state index in [1.54, 1.807) is 6.26 Å². The van der Waals surface area contributed by atoms with E-state index in [2.05, 4.69) is 15.5 Å². The average Bonchev–Trinajstić information content (AvgIpc) is 3.47. The predicted octanol–water partition coefficient (Wildman–Crippen LogP) is 4.34. The molecule has 0 spiro atoms. The van der Waals surface area contributed by atoms with Crippen LogP contribution in [0.4, 0.5) is 0 Å². The van der Waals surface area contributed by atoms with Crippen molar-refractivity contribution in [3.63, 3.8) is 0 Å². The molecule has 0 bridgehead atoms. The number of furan rings is 1. The Labute approximate surface area is 166 Å². The molecule has 142 valence electrons. The monoisotopic (exact) mass is 393 g/mol. The van der Waals surface area contributed by atoms with Crippen molar-refractivity contribution < 1.29 is 13.7 Å². The molecule has 0 radical (unpaired) electrons. The van der Waals surface area contributed by atoms with Gasteiger partial charge in [-0.25, -0.2) is 0 Å². The number of aryl methyl sites for hydroxylation is 1. The Morgan fingerprint density at radius 2 is 2.04 bits per heavy atom. The number of carbonyl (C=O) groups excluding carboxylic acids is 1. The fourth-order valence-corrected chi connectivity index (χ4v) is 3.56. The normalized spacial score (nSPS) is 12.0. The third kappa shape index (κ3) is 4.20. The molecule has 0 fully saturated rings. The minimum atomic E-state index is -0.369. The molecule has 0 saturated heterocycles. The van der Waals surface area contributed by atoms with Crippen LogP contribution < -0.4 is 5.32 Å². The largest absolute Gasteiger partial charge is 0.469 e. The summed E-state index contributed by atoms with van der Waals surface area (Å²) in [6, 6.07) is 15.5. The van der Waals surface area contributed by atoms with Crippen molar-refractivity contribution >= 4 is 17.2 Å². The Hall–Kier alpha value is -3.19. The van der Waals surface area contributed by atoms with E-state index in [1.165, 1.54) is 11.3 Å². The second-order valence-electron chi connectivity index (χ2n) is 6.45. The van der Waals surface area contributed by atoms with E-state index in [9.17, 15) is 4.79 Å². The Morgan fingerprint density at radius 1 is 1.18 bits per heavy atom. The van der Waals surface area contributed by atoms with Gasteiger partial charge in [0.25, 0.3) is 0 Å². The first-order valence-electron chi connectivity index (χ1n) is 8.92. The Kier molecular flexibility index (Phi) is 5.34. The van der Waals surface area contributed by atoms with Crippen LogP contribution in [0.2, 0.25) is 0 Å². The van der Waals surface area contributed by atoms with Crippen LogP contribution >= 0.6 is 11.3 Å². The Bertz CT molecular complexity index is 1020. The maximum atomic E-state index is 12.9. The van der Waals surface area contributed by atoms with E-state index >= 15 is 0 Å². The number of amides is 1. The van der Waals surface area contributed by atoms with Gasteiger partial charge in [-0.2, -0.15) is 4.98 Å². The standard InChI is InChI=1S/C21H19N3O3S/c1-14-6-8-15(9-7-14)17(12-16-4-2-10-26-16)21(25)22-13-19-23-20(24-27-19)18-5-3-11-28-18/h2-11,17H,12-13H2,1H3,(H,22,25). The molecule has 0 saturated carbocycles. The molecule has 4 rings (SSSR count).